The minimum absolute atomic E-state index is 0.00342. The smallest absolute Gasteiger partial charge is 0.321 e. The lowest BCUT2D eigenvalue weighted by molar-refractivity contribution is -0.131. The average molecular weight is 460 g/mol. The maximum atomic E-state index is 11.9. The normalized spacial score (nSPS) is 10.7. The molecule has 0 aliphatic heterocycles. The Morgan fingerprint density at radius 1 is 1.16 bits per heavy atom. The molecule has 0 saturated carbocycles. The van der Waals surface area contributed by atoms with Crippen molar-refractivity contribution in [2.75, 3.05) is 5.75 Å². The van der Waals surface area contributed by atoms with Crippen LogP contribution in [0.15, 0.2) is 56.6 Å². The third-order valence-corrected chi connectivity index (χ3v) is 4.85. The molecule has 0 atom stereocenters. The van der Waals surface area contributed by atoms with Gasteiger partial charge in [-0.05, 0) is 30.3 Å². The van der Waals surface area contributed by atoms with Gasteiger partial charge in [-0.1, -0.05) is 63.0 Å². The van der Waals surface area contributed by atoms with Gasteiger partial charge in [0.25, 0.3) is 5.22 Å². The maximum Gasteiger partial charge on any atom is 0.321 e. The Balaban J connectivity index is 1.60. The fourth-order valence-electron chi connectivity index (χ4n) is 1.84. The van der Waals surface area contributed by atoms with Gasteiger partial charge in [-0.2, -0.15) is 0 Å². The number of nitrogens with zero attached hydrogens (tertiary/aromatic N) is 2. The molecule has 0 aliphatic rings. The second-order valence-electron chi connectivity index (χ2n) is 4.69. The number of thioether (sulfide) groups is 1. The van der Waals surface area contributed by atoms with Gasteiger partial charge in [-0.15, -0.1) is 10.2 Å². The molecule has 9 heteroatoms. The summed E-state index contributed by atoms with van der Waals surface area (Å²) in [5.74, 6) is 0.0955. The number of carbonyl (C=O) groups is 1. The lowest BCUT2D eigenvalue weighted by atomic mass is 10.2. The standard InChI is InChI=1S/C16H9BrCl2N2O3S/c17-9-5-6-13(12(19)7-9)23-14(22)8-25-16-21-20-15(24-16)10-3-1-2-4-11(10)18/h1-7H,8H2. The molecule has 3 rings (SSSR count). The zero-order valence-electron chi connectivity index (χ0n) is 12.4. The fraction of sp³-hybridized carbons (Fsp3) is 0.0625. The molecular formula is C16H9BrCl2N2O3S. The summed E-state index contributed by atoms with van der Waals surface area (Å²) >= 11 is 16.4. The summed E-state index contributed by atoms with van der Waals surface area (Å²) in [6.07, 6.45) is 0. The number of hydrogen-bond acceptors (Lipinski definition) is 6. The summed E-state index contributed by atoms with van der Waals surface area (Å²) in [7, 11) is 0. The van der Waals surface area contributed by atoms with Crippen LogP contribution in [0.2, 0.25) is 10.0 Å². The van der Waals surface area contributed by atoms with Crippen molar-refractivity contribution in [2.24, 2.45) is 0 Å². The first-order chi connectivity index (χ1) is 12.0. The fourth-order valence-corrected chi connectivity index (χ4v) is 3.31. The van der Waals surface area contributed by atoms with E-state index in [1.807, 2.05) is 6.07 Å². The molecule has 2 aromatic carbocycles. The maximum absolute atomic E-state index is 11.9. The topological polar surface area (TPSA) is 65.2 Å². The molecular weight excluding hydrogens is 451 g/mol. The quantitative estimate of drug-likeness (QED) is 0.285. The molecule has 5 nitrogen and oxygen atoms in total. The molecule has 0 amide bonds. The highest BCUT2D eigenvalue weighted by Gasteiger charge is 2.15. The van der Waals surface area contributed by atoms with Crippen molar-refractivity contribution < 1.29 is 13.9 Å². The number of benzene rings is 2. The van der Waals surface area contributed by atoms with Crippen LogP contribution in [0.3, 0.4) is 0 Å². The highest BCUT2D eigenvalue weighted by atomic mass is 79.9. The van der Waals surface area contributed by atoms with E-state index in [4.69, 9.17) is 32.4 Å². The van der Waals surface area contributed by atoms with Gasteiger partial charge in [0.05, 0.1) is 15.6 Å². The Labute approximate surface area is 165 Å². The van der Waals surface area contributed by atoms with E-state index in [2.05, 4.69) is 26.1 Å². The van der Waals surface area contributed by atoms with Crippen LogP contribution in [0.1, 0.15) is 0 Å². The third-order valence-electron chi connectivity index (χ3n) is 2.94. The van der Waals surface area contributed by atoms with Gasteiger partial charge in [0, 0.05) is 4.47 Å². The number of carbonyl (C=O) groups excluding carboxylic acids is 1. The number of hydrogen-bond donors (Lipinski definition) is 0. The number of ether oxygens (including phenoxy) is 1. The highest BCUT2D eigenvalue weighted by Crippen LogP contribution is 2.30. The monoisotopic (exact) mass is 458 g/mol. The molecule has 25 heavy (non-hydrogen) atoms. The van der Waals surface area contributed by atoms with Crippen LogP contribution in [0.25, 0.3) is 11.5 Å². The van der Waals surface area contributed by atoms with E-state index in [1.54, 1.807) is 36.4 Å². The van der Waals surface area contributed by atoms with Gasteiger partial charge in [-0.25, -0.2) is 0 Å². The van der Waals surface area contributed by atoms with Crippen LogP contribution in [-0.2, 0) is 4.79 Å². The zero-order chi connectivity index (χ0) is 17.8. The van der Waals surface area contributed by atoms with E-state index in [1.165, 1.54) is 0 Å². The van der Waals surface area contributed by atoms with E-state index in [0.29, 0.717) is 15.6 Å². The number of esters is 1. The summed E-state index contributed by atoms with van der Waals surface area (Å²) < 4.78 is 11.5. The van der Waals surface area contributed by atoms with E-state index in [-0.39, 0.29) is 22.6 Å². The van der Waals surface area contributed by atoms with Crippen LogP contribution in [-0.4, -0.2) is 21.9 Å². The minimum atomic E-state index is -0.480. The number of rotatable bonds is 5. The summed E-state index contributed by atoms with van der Waals surface area (Å²) in [6.45, 7) is 0. The van der Waals surface area contributed by atoms with Gasteiger partial charge < -0.3 is 9.15 Å². The molecule has 3 aromatic rings. The lowest BCUT2D eigenvalue weighted by Gasteiger charge is -2.05. The molecule has 0 aliphatic carbocycles. The number of halogens is 3. The van der Waals surface area contributed by atoms with Crippen molar-refractivity contribution >= 4 is 56.9 Å². The molecule has 1 heterocycles. The Kier molecular flexibility index (Phi) is 6.01. The molecule has 0 N–H and O–H groups in total. The Hall–Kier alpha value is -1.54. The second kappa shape index (κ2) is 8.23. The van der Waals surface area contributed by atoms with Crippen molar-refractivity contribution in [1.82, 2.24) is 10.2 Å². The molecule has 0 spiro atoms. The minimum Gasteiger partial charge on any atom is -0.424 e. The van der Waals surface area contributed by atoms with Crippen LogP contribution in [0, 0.1) is 0 Å². The first-order valence-corrected chi connectivity index (χ1v) is 9.43. The van der Waals surface area contributed by atoms with Crippen LogP contribution in [0.4, 0.5) is 0 Å². The van der Waals surface area contributed by atoms with E-state index >= 15 is 0 Å². The third kappa shape index (κ3) is 4.76. The second-order valence-corrected chi connectivity index (χ2v) is 7.35. The molecule has 0 fully saturated rings. The van der Waals surface area contributed by atoms with Crippen LogP contribution < -0.4 is 4.74 Å². The highest BCUT2D eigenvalue weighted by molar-refractivity contribution is 9.10. The van der Waals surface area contributed by atoms with Gasteiger partial charge in [0.15, 0.2) is 0 Å². The molecule has 0 bridgehead atoms. The van der Waals surface area contributed by atoms with E-state index in [9.17, 15) is 4.79 Å². The Morgan fingerprint density at radius 2 is 1.96 bits per heavy atom. The van der Waals surface area contributed by atoms with Crippen molar-refractivity contribution in [3.8, 4) is 17.2 Å². The lowest BCUT2D eigenvalue weighted by Crippen LogP contribution is -2.10. The number of aromatic nitrogens is 2. The average Bonchev–Trinajstić information content (AvgIpc) is 3.05. The van der Waals surface area contributed by atoms with E-state index in [0.717, 1.165) is 16.2 Å². The summed E-state index contributed by atoms with van der Waals surface area (Å²) in [5, 5.41) is 8.91. The summed E-state index contributed by atoms with van der Waals surface area (Å²) in [6, 6.07) is 12.1. The SMILES string of the molecule is O=C(CSc1nnc(-c2ccccc2Cl)o1)Oc1ccc(Br)cc1Cl. The first-order valence-electron chi connectivity index (χ1n) is 6.90. The van der Waals surface area contributed by atoms with E-state index < -0.39 is 5.97 Å². The van der Waals surface area contributed by atoms with Crippen molar-refractivity contribution in [2.45, 2.75) is 5.22 Å². The van der Waals surface area contributed by atoms with Crippen molar-refractivity contribution in [3.05, 3.63) is 57.0 Å². The Bertz CT molecular complexity index is 920. The summed E-state index contributed by atoms with van der Waals surface area (Å²) in [5.41, 5.74) is 0.632. The molecule has 1 aromatic heterocycles. The van der Waals surface area contributed by atoms with Gasteiger partial charge in [0.1, 0.15) is 11.5 Å². The molecule has 0 saturated heterocycles. The molecule has 0 unspecified atom stereocenters. The first kappa shape index (κ1) is 18.3. The van der Waals surface area contributed by atoms with Crippen molar-refractivity contribution in [3.63, 3.8) is 0 Å². The van der Waals surface area contributed by atoms with Gasteiger partial charge in [-0.3, -0.25) is 4.79 Å². The predicted molar refractivity (Wildman–Crippen MR) is 100 cm³/mol. The zero-order valence-corrected chi connectivity index (χ0v) is 16.3. The van der Waals surface area contributed by atoms with Gasteiger partial charge >= 0.3 is 5.97 Å². The van der Waals surface area contributed by atoms with Crippen LogP contribution in [0.5, 0.6) is 5.75 Å². The molecule has 128 valence electrons. The largest absolute Gasteiger partial charge is 0.424 e. The molecule has 0 radical (unpaired) electrons. The summed E-state index contributed by atoms with van der Waals surface area (Å²) in [4.78, 5) is 11.9. The van der Waals surface area contributed by atoms with Crippen molar-refractivity contribution in [1.29, 1.82) is 0 Å². The van der Waals surface area contributed by atoms with Crippen LogP contribution >= 0.6 is 50.9 Å². The Morgan fingerprint density at radius 3 is 2.72 bits per heavy atom. The predicted octanol–water partition coefficient (Wildman–Crippen LogP) is 5.50. The van der Waals surface area contributed by atoms with Gasteiger partial charge in [0.2, 0.25) is 5.89 Å².